The first-order valence-electron chi connectivity index (χ1n) is 6.56. The predicted octanol–water partition coefficient (Wildman–Crippen LogP) is 3.89. The summed E-state index contributed by atoms with van der Waals surface area (Å²) in [5, 5.41) is 3.16. The quantitative estimate of drug-likeness (QED) is 0.908. The maximum Gasteiger partial charge on any atom is 0.265 e. The van der Waals surface area contributed by atoms with Crippen molar-refractivity contribution >= 4 is 23.2 Å². The number of anilines is 1. The van der Waals surface area contributed by atoms with Crippen LogP contribution >= 0.6 is 11.6 Å². The fourth-order valence-corrected chi connectivity index (χ4v) is 1.96. The largest absolute Gasteiger partial charge is 0.495 e. The van der Waals surface area contributed by atoms with Gasteiger partial charge in [0, 0.05) is 5.02 Å². The van der Waals surface area contributed by atoms with Crippen LogP contribution in [0.3, 0.4) is 0 Å². The molecule has 0 heterocycles. The molecule has 0 fully saturated rings. The molecule has 0 unspecified atom stereocenters. The fraction of sp³-hybridized carbons (Fsp3) is 0.188. The van der Waals surface area contributed by atoms with Crippen LogP contribution in [0.2, 0.25) is 5.02 Å². The molecule has 0 aromatic heterocycles. The molecule has 2 rings (SSSR count). The molecule has 0 saturated carbocycles. The van der Waals surface area contributed by atoms with E-state index >= 15 is 0 Å². The summed E-state index contributed by atoms with van der Waals surface area (Å²) >= 11 is 5.91. The molecule has 0 aliphatic heterocycles. The summed E-state index contributed by atoms with van der Waals surface area (Å²) in [4.78, 5) is 12.2. The molecule has 0 aliphatic carbocycles. The Morgan fingerprint density at radius 1 is 1.23 bits per heavy atom. The monoisotopic (exact) mass is 323 g/mol. The van der Waals surface area contributed by atoms with Gasteiger partial charge in [0.2, 0.25) is 0 Å². The molecule has 22 heavy (non-hydrogen) atoms. The van der Waals surface area contributed by atoms with Crippen LogP contribution in [0.5, 0.6) is 11.5 Å². The zero-order valence-corrected chi connectivity index (χ0v) is 12.9. The van der Waals surface area contributed by atoms with Gasteiger partial charge in [-0.15, -0.1) is 0 Å². The van der Waals surface area contributed by atoms with Gasteiger partial charge in [-0.3, -0.25) is 4.79 Å². The number of nitrogens with one attached hydrogen (secondary N) is 1. The third kappa shape index (κ3) is 4.11. The highest BCUT2D eigenvalue weighted by Gasteiger charge is 2.17. The lowest BCUT2D eigenvalue weighted by atomic mass is 10.2. The first kappa shape index (κ1) is 16.1. The second-order valence-electron chi connectivity index (χ2n) is 4.55. The van der Waals surface area contributed by atoms with Crippen molar-refractivity contribution in [2.75, 3.05) is 12.4 Å². The van der Waals surface area contributed by atoms with E-state index < -0.39 is 6.10 Å². The van der Waals surface area contributed by atoms with Crippen molar-refractivity contribution in [2.24, 2.45) is 0 Å². The molecule has 0 aliphatic rings. The van der Waals surface area contributed by atoms with Gasteiger partial charge in [-0.05, 0) is 49.4 Å². The second-order valence-corrected chi connectivity index (χ2v) is 4.98. The van der Waals surface area contributed by atoms with Gasteiger partial charge in [-0.1, -0.05) is 11.6 Å². The Kier molecular flexibility index (Phi) is 5.22. The first-order chi connectivity index (χ1) is 10.5. The average Bonchev–Trinajstić information content (AvgIpc) is 2.49. The van der Waals surface area contributed by atoms with Gasteiger partial charge >= 0.3 is 0 Å². The Morgan fingerprint density at radius 3 is 2.55 bits per heavy atom. The summed E-state index contributed by atoms with van der Waals surface area (Å²) in [5.74, 6) is 0.159. The maximum atomic E-state index is 12.8. The molecule has 6 heteroatoms. The number of rotatable bonds is 5. The van der Waals surface area contributed by atoms with E-state index in [0.29, 0.717) is 22.2 Å². The molecular formula is C16H15ClFNO3. The number of amides is 1. The van der Waals surface area contributed by atoms with E-state index in [1.807, 2.05) is 0 Å². The lowest BCUT2D eigenvalue weighted by Crippen LogP contribution is -2.30. The second kappa shape index (κ2) is 7.13. The summed E-state index contributed by atoms with van der Waals surface area (Å²) < 4.78 is 23.4. The minimum absolute atomic E-state index is 0.367. The standard InChI is InChI=1S/C16H15ClFNO3/c1-10(22-13-6-4-12(18)5-7-13)16(20)19-14-9-11(17)3-8-15(14)21-2/h3-10H,1-2H3,(H,19,20)/t10-/m0/s1. The molecule has 1 amide bonds. The van der Waals surface area contributed by atoms with Crippen LogP contribution in [0.4, 0.5) is 10.1 Å². The van der Waals surface area contributed by atoms with Crippen molar-refractivity contribution < 1.29 is 18.7 Å². The van der Waals surface area contributed by atoms with Gasteiger partial charge in [0.05, 0.1) is 12.8 Å². The Balaban J connectivity index is 2.05. The maximum absolute atomic E-state index is 12.8. The van der Waals surface area contributed by atoms with E-state index in [0.717, 1.165) is 0 Å². The van der Waals surface area contributed by atoms with E-state index in [9.17, 15) is 9.18 Å². The molecule has 4 nitrogen and oxygen atoms in total. The number of halogens is 2. The van der Waals surface area contributed by atoms with Crippen LogP contribution < -0.4 is 14.8 Å². The van der Waals surface area contributed by atoms with E-state index in [4.69, 9.17) is 21.1 Å². The lowest BCUT2D eigenvalue weighted by molar-refractivity contribution is -0.122. The van der Waals surface area contributed by atoms with Crippen LogP contribution in [0.15, 0.2) is 42.5 Å². The summed E-state index contributed by atoms with van der Waals surface area (Å²) in [5.41, 5.74) is 0.453. The van der Waals surface area contributed by atoms with Gasteiger partial charge in [0.25, 0.3) is 5.91 Å². The zero-order valence-electron chi connectivity index (χ0n) is 12.1. The highest BCUT2D eigenvalue weighted by atomic mass is 35.5. The average molecular weight is 324 g/mol. The first-order valence-corrected chi connectivity index (χ1v) is 6.94. The number of methoxy groups -OCH3 is 1. The number of carbonyl (C=O) groups excluding carboxylic acids is 1. The van der Waals surface area contributed by atoms with Crippen molar-refractivity contribution in [3.63, 3.8) is 0 Å². The van der Waals surface area contributed by atoms with Gasteiger partial charge in [-0.2, -0.15) is 0 Å². The van der Waals surface area contributed by atoms with Crippen LogP contribution in [-0.4, -0.2) is 19.1 Å². The Morgan fingerprint density at radius 2 is 1.91 bits per heavy atom. The third-order valence-electron chi connectivity index (χ3n) is 2.92. The third-order valence-corrected chi connectivity index (χ3v) is 3.15. The number of benzene rings is 2. The van der Waals surface area contributed by atoms with Crippen LogP contribution in [-0.2, 0) is 4.79 Å². The van der Waals surface area contributed by atoms with E-state index in [1.54, 1.807) is 25.1 Å². The topological polar surface area (TPSA) is 47.6 Å². The van der Waals surface area contributed by atoms with Crippen molar-refractivity contribution in [1.29, 1.82) is 0 Å². The van der Waals surface area contributed by atoms with Gasteiger partial charge < -0.3 is 14.8 Å². The molecule has 1 atom stereocenters. The van der Waals surface area contributed by atoms with Gasteiger partial charge in [0.1, 0.15) is 17.3 Å². The number of ether oxygens (including phenoxy) is 2. The number of hydrogen-bond donors (Lipinski definition) is 1. The van der Waals surface area contributed by atoms with Crippen molar-refractivity contribution in [3.05, 3.63) is 53.3 Å². The normalized spacial score (nSPS) is 11.6. The highest BCUT2D eigenvalue weighted by Crippen LogP contribution is 2.28. The molecule has 0 spiro atoms. The van der Waals surface area contributed by atoms with Crippen molar-refractivity contribution in [2.45, 2.75) is 13.0 Å². The molecule has 0 bridgehead atoms. The smallest absolute Gasteiger partial charge is 0.265 e. The molecule has 1 N–H and O–H groups in total. The summed E-state index contributed by atoms with van der Waals surface area (Å²) in [6, 6.07) is 10.3. The molecule has 0 saturated heterocycles. The summed E-state index contributed by atoms with van der Waals surface area (Å²) in [6.07, 6.45) is -0.769. The van der Waals surface area contributed by atoms with Gasteiger partial charge in [-0.25, -0.2) is 4.39 Å². The Bertz CT molecular complexity index is 661. The fourth-order valence-electron chi connectivity index (χ4n) is 1.78. The van der Waals surface area contributed by atoms with Gasteiger partial charge in [0.15, 0.2) is 6.10 Å². The number of carbonyl (C=O) groups is 1. The molecular weight excluding hydrogens is 309 g/mol. The number of hydrogen-bond acceptors (Lipinski definition) is 3. The van der Waals surface area contributed by atoms with E-state index in [1.165, 1.54) is 31.4 Å². The predicted molar refractivity (Wildman–Crippen MR) is 83.1 cm³/mol. The Hall–Kier alpha value is -2.27. The molecule has 2 aromatic carbocycles. The van der Waals surface area contributed by atoms with Crippen LogP contribution in [0, 0.1) is 5.82 Å². The highest BCUT2D eigenvalue weighted by molar-refractivity contribution is 6.31. The van der Waals surface area contributed by atoms with E-state index in [-0.39, 0.29) is 11.7 Å². The van der Waals surface area contributed by atoms with Crippen molar-refractivity contribution in [3.8, 4) is 11.5 Å². The minimum atomic E-state index is -0.769. The molecule has 116 valence electrons. The lowest BCUT2D eigenvalue weighted by Gasteiger charge is -2.16. The molecule has 0 radical (unpaired) electrons. The van der Waals surface area contributed by atoms with Crippen LogP contribution in [0.1, 0.15) is 6.92 Å². The Labute approximate surface area is 132 Å². The SMILES string of the molecule is COc1ccc(Cl)cc1NC(=O)[C@H](C)Oc1ccc(F)cc1. The van der Waals surface area contributed by atoms with Crippen molar-refractivity contribution in [1.82, 2.24) is 0 Å². The van der Waals surface area contributed by atoms with Crippen LogP contribution in [0.25, 0.3) is 0 Å². The zero-order chi connectivity index (χ0) is 16.1. The molecule has 2 aromatic rings. The summed E-state index contributed by atoms with van der Waals surface area (Å²) in [6.45, 7) is 1.59. The summed E-state index contributed by atoms with van der Waals surface area (Å²) in [7, 11) is 1.50. The van der Waals surface area contributed by atoms with E-state index in [2.05, 4.69) is 5.32 Å². The minimum Gasteiger partial charge on any atom is -0.495 e.